The first kappa shape index (κ1) is 20.4. The molecule has 0 aliphatic carbocycles. The van der Waals surface area contributed by atoms with Crippen LogP contribution in [0.2, 0.25) is 0 Å². The summed E-state index contributed by atoms with van der Waals surface area (Å²) in [5, 5.41) is 4.13. The van der Waals surface area contributed by atoms with Crippen LogP contribution in [0.3, 0.4) is 0 Å². The molecule has 2 aromatic carbocycles. The number of H-pyrrole nitrogens is 2. The van der Waals surface area contributed by atoms with Gasteiger partial charge < -0.3 is 20.0 Å². The standard InChI is InChI=1S/C24H24N4O3/c1-14-7-6-9-18(23(14)31-3)24(30)28-20(21-12-22(29)27-15(2)26-21)11-16-13-25-19-10-5-4-8-17(16)19/h4-10,12-13,20,25H,11H2,1-3H3,(H,28,30)(H,26,27,29)/t20-/m1/s1. The zero-order chi connectivity index (χ0) is 22.0. The Morgan fingerprint density at radius 3 is 2.74 bits per heavy atom. The lowest BCUT2D eigenvalue weighted by atomic mass is 10.0. The van der Waals surface area contributed by atoms with Gasteiger partial charge in [-0.2, -0.15) is 0 Å². The Bertz CT molecular complexity index is 1310. The number of para-hydroxylation sites is 2. The fourth-order valence-electron chi connectivity index (χ4n) is 3.87. The molecule has 1 amide bonds. The first-order valence-electron chi connectivity index (χ1n) is 10.0. The number of methoxy groups -OCH3 is 1. The lowest BCUT2D eigenvalue weighted by Crippen LogP contribution is -2.32. The minimum atomic E-state index is -0.502. The molecule has 2 aromatic heterocycles. The quantitative estimate of drug-likeness (QED) is 0.447. The highest BCUT2D eigenvalue weighted by atomic mass is 16.5. The first-order valence-corrected chi connectivity index (χ1v) is 10.0. The highest BCUT2D eigenvalue weighted by Crippen LogP contribution is 2.26. The fraction of sp³-hybridized carbons (Fsp3) is 0.208. The van der Waals surface area contributed by atoms with Gasteiger partial charge in [-0.25, -0.2) is 4.98 Å². The highest BCUT2D eigenvalue weighted by molar-refractivity contribution is 5.97. The van der Waals surface area contributed by atoms with Gasteiger partial charge in [0.2, 0.25) is 0 Å². The minimum absolute atomic E-state index is 0.256. The number of carbonyl (C=O) groups excluding carboxylic acids is 1. The summed E-state index contributed by atoms with van der Waals surface area (Å²) in [4.78, 5) is 35.7. The van der Waals surface area contributed by atoms with Crippen molar-refractivity contribution in [2.24, 2.45) is 0 Å². The number of aryl methyl sites for hydroxylation is 2. The number of benzene rings is 2. The molecule has 2 heterocycles. The SMILES string of the molecule is COc1c(C)cccc1C(=O)N[C@H](Cc1c[nH]c2ccccc12)c1cc(=O)[nH]c(C)n1. The number of rotatable bonds is 6. The predicted octanol–water partition coefficient (Wildman–Crippen LogP) is 3.59. The third-order valence-corrected chi connectivity index (χ3v) is 5.30. The number of aromatic amines is 2. The van der Waals surface area contributed by atoms with Crippen molar-refractivity contribution in [3.63, 3.8) is 0 Å². The Morgan fingerprint density at radius 1 is 1.16 bits per heavy atom. The van der Waals surface area contributed by atoms with E-state index in [1.165, 1.54) is 6.07 Å². The van der Waals surface area contributed by atoms with Crippen molar-refractivity contribution in [3.8, 4) is 5.75 Å². The van der Waals surface area contributed by atoms with Gasteiger partial charge in [0, 0.05) is 29.6 Å². The number of nitrogens with one attached hydrogen (secondary N) is 3. The van der Waals surface area contributed by atoms with Crippen molar-refractivity contribution >= 4 is 16.8 Å². The van der Waals surface area contributed by atoms with E-state index >= 15 is 0 Å². The van der Waals surface area contributed by atoms with E-state index in [2.05, 4.69) is 20.3 Å². The van der Waals surface area contributed by atoms with E-state index in [0.717, 1.165) is 22.0 Å². The molecule has 158 valence electrons. The molecule has 0 radical (unpaired) electrons. The number of aromatic nitrogens is 3. The average Bonchev–Trinajstić information content (AvgIpc) is 3.15. The van der Waals surface area contributed by atoms with Crippen LogP contribution < -0.4 is 15.6 Å². The largest absolute Gasteiger partial charge is 0.496 e. The van der Waals surface area contributed by atoms with Crippen molar-refractivity contribution in [2.45, 2.75) is 26.3 Å². The monoisotopic (exact) mass is 416 g/mol. The molecule has 7 nitrogen and oxygen atoms in total. The summed E-state index contributed by atoms with van der Waals surface area (Å²) in [5.41, 5.74) is 3.59. The normalized spacial score (nSPS) is 12.0. The van der Waals surface area contributed by atoms with E-state index in [1.807, 2.05) is 49.5 Å². The summed E-state index contributed by atoms with van der Waals surface area (Å²) in [7, 11) is 1.55. The van der Waals surface area contributed by atoms with Crippen LogP contribution in [0.1, 0.15) is 39.0 Å². The molecular weight excluding hydrogens is 392 g/mol. The molecular formula is C24H24N4O3. The number of amides is 1. The van der Waals surface area contributed by atoms with E-state index in [9.17, 15) is 9.59 Å². The maximum atomic E-state index is 13.2. The number of nitrogens with zero attached hydrogens (tertiary/aromatic N) is 1. The Kier molecular flexibility index (Phi) is 5.58. The zero-order valence-electron chi connectivity index (χ0n) is 17.7. The molecule has 0 aliphatic heterocycles. The van der Waals surface area contributed by atoms with Gasteiger partial charge in [-0.15, -0.1) is 0 Å². The zero-order valence-corrected chi connectivity index (χ0v) is 17.7. The third kappa shape index (κ3) is 4.21. The van der Waals surface area contributed by atoms with Crippen molar-refractivity contribution in [2.75, 3.05) is 7.11 Å². The number of fused-ring (bicyclic) bond motifs is 1. The molecule has 0 saturated heterocycles. The minimum Gasteiger partial charge on any atom is -0.496 e. The second-order valence-corrected chi connectivity index (χ2v) is 7.50. The molecule has 4 rings (SSSR count). The van der Waals surface area contributed by atoms with Gasteiger partial charge in [-0.3, -0.25) is 9.59 Å². The van der Waals surface area contributed by atoms with Crippen molar-refractivity contribution in [1.82, 2.24) is 20.3 Å². The lowest BCUT2D eigenvalue weighted by Gasteiger charge is -2.20. The van der Waals surface area contributed by atoms with E-state index in [0.29, 0.717) is 29.3 Å². The van der Waals surface area contributed by atoms with Crippen LogP contribution in [0.5, 0.6) is 5.75 Å². The van der Waals surface area contributed by atoms with Gasteiger partial charge in [0.1, 0.15) is 11.6 Å². The smallest absolute Gasteiger partial charge is 0.255 e. The maximum absolute atomic E-state index is 13.2. The molecule has 31 heavy (non-hydrogen) atoms. The third-order valence-electron chi connectivity index (χ3n) is 5.30. The van der Waals surface area contributed by atoms with Crippen molar-refractivity contribution in [3.05, 3.63) is 93.3 Å². The van der Waals surface area contributed by atoms with Gasteiger partial charge in [0.15, 0.2) is 0 Å². The molecule has 0 unspecified atom stereocenters. The van der Waals surface area contributed by atoms with Crippen molar-refractivity contribution in [1.29, 1.82) is 0 Å². The van der Waals surface area contributed by atoms with E-state index in [-0.39, 0.29) is 11.5 Å². The van der Waals surface area contributed by atoms with E-state index < -0.39 is 6.04 Å². The van der Waals surface area contributed by atoms with Gasteiger partial charge >= 0.3 is 0 Å². The van der Waals surface area contributed by atoms with Crippen LogP contribution in [0.4, 0.5) is 0 Å². The first-order chi connectivity index (χ1) is 15.0. The summed E-state index contributed by atoms with van der Waals surface area (Å²) >= 11 is 0. The topological polar surface area (TPSA) is 99.9 Å². The maximum Gasteiger partial charge on any atom is 0.255 e. The second kappa shape index (κ2) is 8.47. The highest BCUT2D eigenvalue weighted by Gasteiger charge is 2.22. The Balaban J connectivity index is 1.73. The van der Waals surface area contributed by atoms with Gasteiger partial charge in [0.05, 0.1) is 24.4 Å². The molecule has 1 atom stereocenters. The Morgan fingerprint density at radius 2 is 1.97 bits per heavy atom. The van der Waals surface area contributed by atoms with Crippen LogP contribution in [0, 0.1) is 13.8 Å². The van der Waals surface area contributed by atoms with Crippen LogP contribution in [-0.4, -0.2) is 28.0 Å². The van der Waals surface area contributed by atoms with Gasteiger partial charge in [0.25, 0.3) is 11.5 Å². The summed E-state index contributed by atoms with van der Waals surface area (Å²) in [6.07, 6.45) is 2.40. The molecule has 3 N–H and O–H groups in total. The molecule has 0 fully saturated rings. The molecule has 0 spiro atoms. The van der Waals surface area contributed by atoms with Gasteiger partial charge in [-0.05, 0) is 37.1 Å². The van der Waals surface area contributed by atoms with E-state index in [4.69, 9.17) is 4.74 Å². The second-order valence-electron chi connectivity index (χ2n) is 7.50. The van der Waals surface area contributed by atoms with Crippen LogP contribution in [-0.2, 0) is 6.42 Å². The lowest BCUT2D eigenvalue weighted by molar-refractivity contribution is 0.0932. The summed E-state index contributed by atoms with van der Waals surface area (Å²) in [6, 6.07) is 14.3. The number of hydrogen-bond donors (Lipinski definition) is 3. The van der Waals surface area contributed by atoms with Crippen LogP contribution >= 0.6 is 0 Å². The van der Waals surface area contributed by atoms with Crippen LogP contribution in [0.25, 0.3) is 10.9 Å². The number of ether oxygens (including phenoxy) is 1. The molecule has 7 heteroatoms. The fourth-order valence-corrected chi connectivity index (χ4v) is 3.87. The summed E-state index contributed by atoms with van der Waals surface area (Å²) in [5.74, 6) is 0.736. The Labute approximate surface area is 179 Å². The molecule has 4 aromatic rings. The average molecular weight is 416 g/mol. The summed E-state index contributed by atoms with van der Waals surface area (Å²) < 4.78 is 5.45. The van der Waals surface area contributed by atoms with Gasteiger partial charge in [-0.1, -0.05) is 30.3 Å². The van der Waals surface area contributed by atoms with E-state index in [1.54, 1.807) is 20.1 Å². The number of carbonyl (C=O) groups is 1. The molecule has 0 aliphatic rings. The van der Waals surface area contributed by atoms with Crippen molar-refractivity contribution < 1.29 is 9.53 Å². The molecule has 0 bridgehead atoms. The number of hydrogen-bond acceptors (Lipinski definition) is 4. The van der Waals surface area contributed by atoms with Crippen LogP contribution in [0.15, 0.2) is 59.5 Å². The molecule has 0 saturated carbocycles. The summed E-state index contributed by atoms with van der Waals surface area (Å²) in [6.45, 7) is 3.61. The Hall–Kier alpha value is -3.87. The predicted molar refractivity (Wildman–Crippen MR) is 120 cm³/mol.